The molecule has 0 radical (unpaired) electrons. The molecule has 0 aliphatic heterocycles. The number of sulfone groups is 1. The van der Waals surface area contributed by atoms with Crippen LogP contribution >= 0.6 is 11.6 Å². The predicted octanol–water partition coefficient (Wildman–Crippen LogP) is 5.09. The summed E-state index contributed by atoms with van der Waals surface area (Å²) in [6, 6.07) is 6.92. The van der Waals surface area contributed by atoms with E-state index in [0.717, 1.165) is 19.3 Å². The van der Waals surface area contributed by atoms with Gasteiger partial charge in [-0.25, -0.2) is 21.6 Å². The molecule has 2 aliphatic rings. The lowest BCUT2D eigenvalue weighted by molar-refractivity contribution is 0.102. The van der Waals surface area contributed by atoms with E-state index in [1.807, 2.05) is 16.9 Å². The zero-order valence-electron chi connectivity index (χ0n) is 18.3. The molecular weight excluding hydrogens is 503 g/mol. The zero-order valence-corrected chi connectivity index (χ0v) is 19.9. The van der Waals surface area contributed by atoms with E-state index < -0.39 is 38.4 Å². The monoisotopic (exact) mass is 523 g/mol. The first-order chi connectivity index (χ1) is 16.6. The lowest BCUT2D eigenvalue weighted by atomic mass is 9.89. The molecule has 2 saturated carbocycles. The van der Waals surface area contributed by atoms with Gasteiger partial charge < -0.3 is 5.32 Å². The molecule has 2 bridgehead atoms. The van der Waals surface area contributed by atoms with Crippen molar-refractivity contribution in [1.29, 1.82) is 0 Å². The van der Waals surface area contributed by atoms with E-state index in [2.05, 4.69) is 10.4 Å². The molecule has 2 aromatic carbocycles. The van der Waals surface area contributed by atoms with Gasteiger partial charge in [-0.2, -0.15) is 5.10 Å². The molecule has 4 atom stereocenters. The molecule has 6 nitrogen and oxygen atoms in total. The van der Waals surface area contributed by atoms with Gasteiger partial charge in [-0.3, -0.25) is 9.48 Å². The van der Waals surface area contributed by atoms with Gasteiger partial charge in [0, 0.05) is 42.3 Å². The van der Waals surface area contributed by atoms with E-state index in [-0.39, 0.29) is 38.9 Å². The molecule has 2 unspecified atom stereocenters. The molecule has 0 saturated heterocycles. The first kappa shape index (κ1) is 23.9. The van der Waals surface area contributed by atoms with Crippen LogP contribution in [0.4, 0.5) is 18.9 Å². The number of hydrogen-bond acceptors (Lipinski definition) is 4. The number of carbonyl (C=O) groups excluding carboxylic acids is 1. The lowest BCUT2D eigenvalue weighted by Crippen LogP contribution is -2.29. The summed E-state index contributed by atoms with van der Waals surface area (Å²) in [7, 11) is -3.88. The third-order valence-corrected chi connectivity index (χ3v) is 9.89. The van der Waals surface area contributed by atoms with Crippen LogP contribution < -0.4 is 5.32 Å². The van der Waals surface area contributed by atoms with Gasteiger partial charge in [-0.05, 0) is 61.3 Å². The van der Waals surface area contributed by atoms with E-state index in [9.17, 15) is 26.4 Å². The maximum Gasteiger partial charge on any atom is 0.255 e. The minimum atomic E-state index is -3.88. The Hall–Kier alpha value is -2.85. The molecule has 3 aromatic rings. The third-order valence-electron chi connectivity index (χ3n) is 7.05. The topological polar surface area (TPSA) is 81.1 Å². The Morgan fingerprint density at radius 2 is 1.89 bits per heavy atom. The van der Waals surface area contributed by atoms with Crippen LogP contribution in [-0.2, 0) is 16.4 Å². The number of halogens is 4. The molecule has 2 aliphatic carbocycles. The highest BCUT2D eigenvalue weighted by Gasteiger charge is 2.54. The minimum absolute atomic E-state index is 0.00431. The number of anilines is 1. The number of nitrogens with zero attached hydrogens (tertiary/aromatic N) is 2. The summed E-state index contributed by atoms with van der Waals surface area (Å²) in [4.78, 5) is 12.6. The Labute approximate surface area is 205 Å². The molecule has 1 heterocycles. The van der Waals surface area contributed by atoms with Gasteiger partial charge in [0.15, 0.2) is 27.3 Å². The molecule has 0 spiro atoms. The van der Waals surface area contributed by atoms with Crippen molar-refractivity contribution < 1.29 is 26.4 Å². The summed E-state index contributed by atoms with van der Waals surface area (Å²) in [6.45, 7) is 0.640. The van der Waals surface area contributed by atoms with Gasteiger partial charge >= 0.3 is 0 Å². The number of fused-ring (bicyclic) bond motifs is 2. The van der Waals surface area contributed by atoms with Gasteiger partial charge in [-0.1, -0.05) is 11.6 Å². The van der Waals surface area contributed by atoms with E-state index in [1.54, 1.807) is 6.20 Å². The largest absolute Gasteiger partial charge is 0.322 e. The van der Waals surface area contributed by atoms with Crippen LogP contribution in [0.25, 0.3) is 0 Å². The van der Waals surface area contributed by atoms with Crippen molar-refractivity contribution in [1.82, 2.24) is 9.78 Å². The summed E-state index contributed by atoms with van der Waals surface area (Å²) in [6.07, 6.45) is 5.91. The van der Waals surface area contributed by atoms with Gasteiger partial charge in [0.05, 0.1) is 15.2 Å². The fourth-order valence-electron chi connectivity index (χ4n) is 5.59. The molecule has 5 rings (SSSR count). The third kappa shape index (κ3) is 4.33. The van der Waals surface area contributed by atoms with Crippen molar-refractivity contribution in [3.63, 3.8) is 0 Å². The van der Waals surface area contributed by atoms with Crippen molar-refractivity contribution in [3.05, 3.63) is 76.8 Å². The smallest absolute Gasteiger partial charge is 0.255 e. The lowest BCUT2D eigenvalue weighted by Gasteiger charge is -2.22. The number of rotatable bonds is 6. The number of carbonyl (C=O) groups is 1. The Morgan fingerprint density at radius 1 is 1.14 bits per heavy atom. The van der Waals surface area contributed by atoms with Crippen LogP contribution in [0.15, 0.2) is 53.7 Å². The van der Waals surface area contributed by atoms with Gasteiger partial charge in [0.2, 0.25) is 0 Å². The Kier molecular flexibility index (Phi) is 6.13. The summed E-state index contributed by atoms with van der Waals surface area (Å²) >= 11 is 6.28. The normalized spacial score (nSPS) is 23.5. The molecule has 35 heavy (non-hydrogen) atoms. The highest BCUT2D eigenvalue weighted by atomic mass is 35.5. The Balaban J connectivity index is 1.40. The maximum atomic E-state index is 13.7. The van der Waals surface area contributed by atoms with E-state index in [0.29, 0.717) is 18.7 Å². The van der Waals surface area contributed by atoms with Crippen LogP contribution in [-0.4, -0.2) is 29.4 Å². The zero-order chi connectivity index (χ0) is 24.9. The second-order valence-corrected chi connectivity index (χ2v) is 11.6. The summed E-state index contributed by atoms with van der Waals surface area (Å²) in [5.41, 5.74) is -0.363. The number of hydrogen-bond donors (Lipinski definition) is 1. The van der Waals surface area contributed by atoms with Crippen LogP contribution in [0.2, 0.25) is 5.02 Å². The van der Waals surface area contributed by atoms with Crippen molar-refractivity contribution in [2.45, 2.75) is 36.0 Å². The van der Waals surface area contributed by atoms with E-state index >= 15 is 0 Å². The van der Waals surface area contributed by atoms with E-state index in [4.69, 9.17) is 11.6 Å². The molecule has 1 N–H and O–H groups in total. The quantitative estimate of drug-likeness (QED) is 0.456. The maximum absolute atomic E-state index is 13.7. The van der Waals surface area contributed by atoms with Gasteiger partial charge in [-0.15, -0.1) is 0 Å². The van der Waals surface area contributed by atoms with Crippen LogP contribution in [0.5, 0.6) is 0 Å². The number of amides is 1. The molecular formula is C24H21ClF3N3O3S. The predicted molar refractivity (Wildman–Crippen MR) is 123 cm³/mol. The Morgan fingerprint density at radius 3 is 2.57 bits per heavy atom. The standard InChI is InChI=1S/C24H21ClF3N3O3S/c25-18-5-3-14(24(32)30-16-10-19(26)22(28)20(27)11-16)9-21(18)35(33,34)23-13-2-4-17(23)15(8-13)12-31-7-1-6-29-31/h1,3,5-7,9-11,13,15,17,23H,2,4,8,12H2,(H,30,32)/t13?,15-,17?,23-/m1/s1. The average Bonchev–Trinajstić information content (AvgIpc) is 3.54. The molecule has 1 amide bonds. The summed E-state index contributed by atoms with van der Waals surface area (Å²) < 4.78 is 69.5. The summed E-state index contributed by atoms with van der Waals surface area (Å²) in [5.74, 6) is -5.27. The number of aromatic nitrogens is 2. The number of benzene rings is 2. The highest BCUT2D eigenvalue weighted by Crippen LogP contribution is 2.53. The van der Waals surface area contributed by atoms with Crippen LogP contribution in [0, 0.1) is 35.2 Å². The molecule has 1 aromatic heterocycles. The van der Waals surface area contributed by atoms with Gasteiger partial charge in [0.25, 0.3) is 5.91 Å². The minimum Gasteiger partial charge on any atom is -0.322 e. The van der Waals surface area contributed by atoms with Crippen molar-refractivity contribution in [2.75, 3.05) is 5.32 Å². The average molecular weight is 524 g/mol. The molecule has 2 fully saturated rings. The van der Waals surface area contributed by atoms with Crippen molar-refractivity contribution >= 4 is 33.0 Å². The first-order valence-electron chi connectivity index (χ1n) is 11.1. The highest BCUT2D eigenvalue weighted by molar-refractivity contribution is 7.92. The van der Waals surface area contributed by atoms with E-state index in [1.165, 1.54) is 18.2 Å². The Bertz CT molecular complexity index is 1380. The van der Waals surface area contributed by atoms with Crippen LogP contribution in [0.3, 0.4) is 0 Å². The van der Waals surface area contributed by atoms with Crippen molar-refractivity contribution in [3.8, 4) is 0 Å². The molecule has 184 valence electrons. The number of nitrogens with one attached hydrogen (secondary N) is 1. The fraction of sp³-hybridized carbons (Fsp3) is 0.333. The second-order valence-electron chi connectivity index (χ2n) is 9.09. The first-order valence-corrected chi connectivity index (χ1v) is 13.0. The van der Waals surface area contributed by atoms with Crippen molar-refractivity contribution in [2.24, 2.45) is 17.8 Å². The fourth-order valence-corrected chi connectivity index (χ4v) is 8.52. The van der Waals surface area contributed by atoms with Crippen LogP contribution in [0.1, 0.15) is 29.6 Å². The van der Waals surface area contributed by atoms with Gasteiger partial charge in [0.1, 0.15) is 0 Å². The molecule has 11 heteroatoms. The SMILES string of the molecule is O=C(Nc1cc(F)c(F)c(F)c1)c1ccc(Cl)c(S(=O)(=O)[C@@H]2C3CCC2[C@@H](Cn2cccn2)C3)c1. The second kappa shape index (κ2) is 8.98. The summed E-state index contributed by atoms with van der Waals surface area (Å²) in [5, 5.41) is 5.88.